The fourth-order valence-corrected chi connectivity index (χ4v) is 2.42. The first-order chi connectivity index (χ1) is 10.7. The van der Waals surface area contributed by atoms with E-state index in [-0.39, 0.29) is 6.10 Å². The molecule has 7 heteroatoms. The molecule has 0 aliphatic carbocycles. The van der Waals surface area contributed by atoms with Crippen LogP contribution in [0.2, 0.25) is 0 Å². The molecule has 7 nitrogen and oxygen atoms in total. The van der Waals surface area contributed by atoms with Gasteiger partial charge in [-0.3, -0.25) is 0 Å². The number of aromatic nitrogens is 4. The average molecular weight is 301 g/mol. The predicted octanol–water partition coefficient (Wildman–Crippen LogP) is 1.63. The Hall–Kier alpha value is -2.44. The summed E-state index contributed by atoms with van der Waals surface area (Å²) in [5.41, 5.74) is 0.964. The summed E-state index contributed by atoms with van der Waals surface area (Å²) in [6.07, 6.45) is 7.02. The van der Waals surface area contributed by atoms with Crippen molar-refractivity contribution in [2.75, 3.05) is 25.1 Å². The summed E-state index contributed by atoms with van der Waals surface area (Å²) in [5, 5.41) is 0. The summed E-state index contributed by atoms with van der Waals surface area (Å²) in [7, 11) is 1.58. The monoisotopic (exact) mass is 301 g/mol. The second-order valence-corrected chi connectivity index (χ2v) is 5.23. The van der Waals surface area contributed by atoms with Gasteiger partial charge < -0.3 is 14.4 Å². The van der Waals surface area contributed by atoms with Crippen molar-refractivity contribution in [2.45, 2.75) is 25.9 Å². The number of methoxy groups -OCH3 is 1. The van der Waals surface area contributed by atoms with Crippen LogP contribution < -0.4 is 14.4 Å². The van der Waals surface area contributed by atoms with Gasteiger partial charge in [0.05, 0.1) is 26.0 Å². The fourth-order valence-electron chi connectivity index (χ4n) is 2.42. The van der Waals surface area contributed by atoms with Crippen LogP contribution in [0.5, 0.6) is 11.8 Å². The van der Waals surface area contributed by atoms with E-state index in [2.05, 4.69) is 24.8 Å². The van der Waals surface area contributed by atoms with Gasteiger partial charge in [0.15, 0.2) is 5.75 Å². The average Bonchev–Trinajstić information content (AvgIpc) is 2.56. The molecule has 2 aromatic rings. The summed E-state index contributed by atoms with van der Waals surface area (Å²) in [5.74, 6) is 1.37. The maximum absolute atomic E-state index is 5.86. The predicted molar refractivity (Wildman–Crippen MR) is 81.2 cm³/mol. The Morgan fingerprint density at radius 3 is 2.77 bits per heavy atom. The first kappa shape index (κ1) is 14.5. The molecule has 0 spiro atoms. The van der Waals surface area contributed by atoms with Crippen molar-refractivity contribution in [2.24, 2.45) is 0 Å². The molecule has 2 aromatic heterocycles. The van der Waals surface area contributed by atoms with E-state index in [9.17, 15) is 0 Å². The van der Waals surface area contributed by atoms with E-state index >= 15 is 0 Å². The Bertz CT molecular complexity index is 620. The zero-order valence-electron chi connectivity index (χ0n) is 12.8. The molecular formula is C15H19N5O2. The van der Waals surface area contributed by atoms with E-state index in [4.69, 9.17) is 9.47 Å². The third-order valence-corrected chi connectivity index (χ3v) is 3.56. The number of ether oxygens (including phenoxy) is 2. The van der Waals surface area contributed by atoms with Crippen LogP contribution in [-0.4, -0.2) is 46.2 Å². The second kappa shape index (κ2) is 6.55. The quantitative estimate of drug-likeness (QED) is 0.849. The maximum atomic E-state index is 5.86. The van der Waals surface area contributed by atoms with Crippen molar-refractivity contribution in [3.8, 4) is 11.8 Å². The summed E-state index contributed by atoms with van der Waals surface area (Å²) < 4.78 is 10.9. The van der Waals surface area contributed by atoms with Crippen LogP contribution in [0.15, 0.2) is 24.7 Å². The number of hydrogen-bond donors (Lipinski definition) is 0. The van der Waals surface area contributed by atoms with E-state index < -0.39 is 0 Å². The van der Waals surface area contributed by atoms with Crippen LogP contribution in [0.1, 0.15) is 18.5 Å². The van der Waals surface area contributed by atoms with Crippen molar-refractivity contribution in [3.63, 3.8) is 0 Å². The summed E-state index contributed by atoms with van der Waals surface area (Å²) in [4.78, 5) is 19.2. The highest BCUT2D eigenvalue weighted by Crippen LogP contribution is 2.19. The first-order valence-corrected chi connectivity index (χ1v) is 7.32. The molecule has 1 fully saturated rings. The van der Waals surface area contributed by atoms with Crippen molar-refractivity contribution in [1.29, 1.82) is 0 Å². The maximum Gasteiger partial charge on any atom is 0.316 e. The number of aryl methyl sites for hydroxylation is 1. The fraction of sp³-hybridized carbons (Fsp3) is 0.467. The number of hydrogen-bond acceptors (Lipinski definition) is 7. The van der Waals surface area contributed by atoms with Gasteiger partial charge in [-0.25, -0.2) is 9.97 Å². The Morgan fingerprint density at radius 2 is 2.05 bits per heavy atom. The summed E-state index contributed by atoms with van der Waals surface area (Å²) in [6, 6.07) is 2.27. The van der Waals surface area contributed by atoms with Crippen LogP contribution in [-0.2, 0) is 0 Å². The molecule has 22 heavy (non-hydrogen) atoms. The van der Waals surface area contributed by atoms with Crippen molar-refractivity contribution >= 4 is 5.95 Å². The third-order valence-electron chi connectivity index (χ3n) is 3.56. The molecule has 1 aliphatic heterocycles. The Kier molecular flexibility index (Phi) is 4.32. The van der Waals surface area contributed by atoms with Crippen LogP contribution >= 0.6 is 0 Å². The lowest BCUT2D eigenvalue weighted by Crippen LogP contribution is -2.42. The molecule has 0 bridgehead atoms. The molecule has 0 aromatic carbocycles. The Balaban J connectivity index is 1.65. The normalized spacial score (nSPS) is 18.1. The standard InChI is InChI=1S/C15H19N5O2/c1-11-5-6-16-14(19-11)20-7-3-4-12(10-20)22-15-17-8-13(21-2)9-18-15/h5-6,8-9,12H,3-4,7,10H2,1-2H3. The first-order valence-electron chi connectivity index (χ1n) is 7.32. The van der Waals surface area contributed by atoms with Gasteiger partial charge >= 0.3 is 6.01 Å². The molecule has 3 rings (SSSR count). The highest BCUT2D eigenvalue weighted by Gasteiger charge is 2.23. The minimum absolute atomic E-state index is 0.0336. The minimum Gasteiger partial charge on any atom is -0.494 e. The van der Waals surface area contributed by atoms with Gasteiger partial charge in [-0.1, -0.05) is 0 Å². The number of rotatable bonds is 4. The zero-order chi connectivity index (χ0) is 15.4. The van der Waals surface area contributed by atoms with Crippen molar-refractivity contribution in [1.82, 2.24) is 19.9 Å². The second-order valence-electron chi connectivity index (χ2n) is 5.23. The molecule has 0 radical (unpaired) electrons. The van der Waals surface area contributed by atoms with Crippen LogP contribution in [0.25, 0.3) is 0 Å². The zero-order valence-corrected chi connectivity index (χ0v) is 12.8. The molecule has 116 valence electrons. The summed E-state index contributed by atoms with van der Waals surface area (Å²) >= 11 is 0. The molecule has 1 aliphatic rings. The van der Waals surface area contributed by atoms with Gasteiger partial charge in [-0.15, -0.1) is 0 Å². The lowest BCUT2D eigenvalue weighted by Gasteiger charge is -2.32. The molecule has 3 heterocycles. The van der Waals surface area contributed by atoms with Gasteiger partial charge in [-0.2, -0.15) is 9.97 Å². The van der Waals surface area contributed by atoms with E-state index in [0.29, 0.717) is 11.8 Å². The Morgan fingerprint density at radius 1 is 1.23 bits per heavy atom. The topological polar surface area (TPSA) is 73.3 Å². The smallest absolute Gasteiger partial charge is 0.316 e. The minimum atomic E-state index is 0.0336. The molecule has 1 unspecified atom stereocenters. The van der Waals surface area contributed by atoms with Crippen LogP contribution in [0.3, 0.4) is 0 Å². The molecule has 1 atom stereocenters. The number of anilines is 1. The summed E-state index contributed by atoms with van der Waals surface area (Å²) in [6.45, 7) is 3.64. The van der Waals surface area contributed by atoms with E-state index in [1.54, 1.807) is 25.7 Å². The largest absolute Gasteiger partial charge is 0.494 e. The number of nitrogens with zero attached hydrogens (tertiary/aromatic N) is 5. The highest BCUT2D eigenvalue weighted by atomic mass is 16.5. The van der Waals surface area contributed by atoms with E-state index in [1.807, 2.05) is 13.0 Å². The third kappa shape index (κ3) is 3.41. The van der Waals surface area contributed by atoms with Gasteiger partial charge in [0.25, 0.3) is 0 Å². The Labute approximate surface area is 129 Å². The van der Waals surface area contributed by atoms with Crippen LogP contribution in [0.4, 0.5) is 5.95 Å². The van der Waals surface area contributed by atoms with Crippen molar-refractivity contribution in [3.05, 3.63) is 30.4 Å². The van der Waals surface area contributed by atoms with E-state index in [0.717, 1.165) is 37.6 Å². The molecular weight excluding hydrogens is 282 g/mol. The lowest BCUT2D eigenvalue weighted by molar-refractivity contribution is 0.163. The van der Waals surface area contributed by atoms with Crippen molar-refractivity contribution < 1.29 is 9.47 Å². The van der Waals surface area contributed by atoms with Gasteiger partial charge in [-0.05, 0) is 25.8 Å². The van der Waals surface area contributed by atoms with Gasteiger partial charge in [0, 0.05) is 18.4 Å². The van der Waals surface area contributed by atoms with E-state index in [1.165, 1.54) is 0 Å². The molecule has 0 saturated carbocycles. The van der Waals surface area contributed by atoms with Gasteiger partial charge in [0.2, 0.25) is 5.95 Å². The lowest BCUT2D eigenvalue weighted by atomic mass is 10.1. The number of piperidine rings is 1. The SMILES string of the molecule is COc1cnc(OC2CCCN(c3nccc(C)n3)C2)nc1. The van der Waals surface area contributed by atoms with Gasteiger partial charge in [0.1, 0.15) is 6.10 Å². The molecule has 0 amide bonds. The van der Waals surface area contributed by atoms with Crippen LogP contribution in [0, 0.1) is 6.92 Å². The highest BCUT2D eigenvalue weighted by molar-refractivity contribution is 5.31. The molecule has 0 N–H and O–H groups in total. The molecule has 1 saturated heterocycles.